The summed E-state index contributed by atoms with van der Waals surface area (Å²) in [5, 5.41) is 26.4. The van der Waals surface area contributed by atoms with E-state index in [1.54, 1.807) is 6.07 Å². The molecular weight excluding hydrogens is 276 g/mol. The van der Waals surface area contributed by atoms with Crippen molar-refractivity contribution in [2.24, 2.45) is 0 Å². The van der Waals surface area contributed by atoms with E-state index in [0.717, 1.165) is 11.6 Å². The minimum atomic E-state index is -2.09. The first-order chi connectivity index (χ1) is 10.1. The first-order valence-corrected chi connectivity index (χ1v) is 6.03. The largest absolute Gasteiger partial charge is 0.707 e. The third kappa shape index (κ3) is 3.95. The fourth-order valence-electron chi connectivity index (χ4n) is 1.72. The van der Waals surface area contributed by atoms with Crippen LogP contribution in [0.25, 0.3) is 0 Å². The van der Waals surface area contributed by atoms with Gasteiger partial charge in [0.2, 0.25) is 0 Å². The van der Waals surface area contributed by atoms with Gasteiger partial charge in [-0.2, -0.15) is 5.26 Å². The number of benzene rings is 2. The predicted octanol–water partition coefficient (Wildman–Crippen LogP) is 1.62. The van der Waals surface area contributed by atoms with E-state index < -0.39 is 13.1 Å². The summed E-state index contributed by atoms with van der Waals surface area (Å²) in [6.45, 7) is 0.106. The molecule has 0 radical (unpaired) electrons. The number of ether oxygens (including phenoxy) is 1. The van der Waals surface area contributed by atoms with Crippen molar-refractivity contribution < 1.29 is 23.8 Å². The van der Waals surface area contributed by atoms with Gasteiger partial charge in [0.1, 0.15) is 24.0 Å². The number of nitriles is 1. The molecule has 0 spiro atoms. The molecule has 0 aliphatic carbocycles. The van der Waals surface area contributed by atoms with Crippen LogP contribution in [-0.2, 0) is 6.61 Å². The number of hydrogen-bond donors (Lipinski definition) is 2. The van der Waals surface area contributed by atoms with E-state index in [1.165, 1.54) is 6.07 Å². The molecule has 0 heterocycles. The van der Waals surface area contributed by atoms with Crippen molar-refractivity contribution in [1.82, 2.24) is 0 Å². The van der Waals surface area contributed by atoms with Crippen LogP contribution in [0.15, 0.2) is 42.5 Å². The first-order valence-electron chi connectivity index (χ1n) is 6.03. The zero-order valence-corrected chi connectivity index (χ0v) is 10.9. The molecule has 0 saturated carbocycles. The number of hydrogen-bond acceptors (Lipinski definition) is 5. The van der Waals surface area contributed by atoms with Gasteiger partial charge in [-0.05, 0) is 5.56 Å². The Morgan fingerprint density at radius 1 is 1.19 bits per heavy atom. The minimum absolute atomic E-state index is 0.0958. The highest BCUT2D eigenvalue weighted by molar-refractivity contribution is 6.33. The Morgan fingerprint density at radius 3 is 2.52 bits per heavy atom. The van der Waals surface area contributed by atoms with Crippen molar-refractivity contribution in [3.63, 3.8) is 0 Å². The van der Waals surface area contributed by atoms with Crippen LogP contribution < -0.4 is 9.39 Å². The molecule has 2 N–H and O–H groups in total. The van der Waals surface area contributed by atoms with Crippen molar-refractivity contribution in [1.29, 1.82) is 5.26 Å². The maximum absolute atomic E-state index is 13.9. The van der Waals surface area contributed by atoms with Gasteiger partial charge in [0.25, 0.3) is 0 Å². The summed E-state index contributed by atoms with van der Waals surface area (Å²) in [6, 6.07) is 13.0. The molecule has 7 heteroatoms. The van der Waals surface area contributed by atoms with Crippen LogP contribution in [0, 0.1) is 17.1 Å². The minimum Gasteiger partial charge on any atom is -0.512 e. The van der Waals surface area contributed by atoms with Crippen molar-refractivity contribution in [3.8, 4) is 17.6 Å². The molecular formula is C14H11BFNO4. The average molecular weight is 287 g/mol. The molecule has 0 aliphatic heterocycles. The molecule has 0 amide bonds. The monoisotopic (exact) mass is 287 g/mol. The van der Waals surface area contributed by atoms with Crippen LogP contribution >= 0.6 is 0 Å². The van der Waals surface area contributed by atoms with Crippen molar-refractivity contribution in [2.45, 2.75) is 6.61 Å². The number of halogens is 1. The fraction of sp³-hybridized carbons (Fsp3) is 0.0714. The van der Waals surface area contributed by atoms with Crippen LogP contribution in [0.4, 0.5) is 4.39 Å². The Kier molecular flexibility index (Phi) is 4.77. The summed E-state index contributed by atoms with van der Waals surface area (Å²) in [5.74, 6) is -1.20. The van der Waals surface area contributed by atoms with Gasteiger partial charge in [-0.25, -0.2) is 4.39 Å². The smallest absolute Gasteiger partial charge is 0.512 e. The molecule has 0 saturated heterocycles. The summed E-state index contributed by atoms with van der Waals surface area (Å²) in [6.07, 6.45) is 0. The van der Waals surface area contributed by atoms with Crippen LogP contribution in [0.3, 0.4) is 0 Å². The predicted molar refractivity (Wildman–Crippen MR) is 72.7 cm³/mol. The summed E-state index contributed by atoms with van der Waals surface area (Å²) in [4.78, 5) is 0. The zero-order chi connectivity index (χ0) is 15.2. The highest BCUT2D eigenvalue weighted by Gasteiger charge is 2.17. The highest BCUT2D eigenvalue weighted by atomic mass is 19.1. The average Bonchev–Trinajstić information content (AvgIpc) is 2.46. The summed E-state index contributed by atoms with van der Waals surface area (Å²) in [7, 11) is -2.09. The van der Waals surface area contributed by atoms with E-state index in [1.807, 2.05) is 30.3 Å². The van der Waals surface area contributed by atoms with Crippen molar-refractivity contribution in [3.05, 3.63) is 59.4 Å². The quantitative estimate of drug-likeness (QED) is 0.816. The fourth-order valence-corrected chi connectivity index (χ4v) is 1.72. The molecule has 0 atom stereocenters. The zero-order valence-electron chi connectivity index (χ0n) is 10.9. The van der Waals surface area contributed by atoms with Crippen LogP contribution in [-0.4, -0.2) is 17.4 Å². The van der Waals surface area contributed by atoms with E-state index in [0.29, 0.717) is 0 Å². The van der Waals surface area contributed by atoms with Crippen molar-refractivity contribution in [2.75, 3.05) is 0 Å². The van der Waals surface area contributed by atoms with E-state index in [2.05, 4.69) is 4.65 Å². The van der Waals surface area contributed by atoms with Gasteiger partial charge in [-0.1, -0.05) is 30.3 Å². The summed E-state index contributed by atoms with van der Waals surface area (Å²) in [5.41, 5.74) is 0.730. The molecule has 2 aromatic carbocycles. The Balaban J connectivity index is 2.21. The number of nitrogens with zero attached hydrogens (tertiary/aromatic N) is 1. The van der Waals surface area contributed by atoms with Gasteiger partial charge in [-0.15, -0.1) is 0 Å². The summed E-state index contributed by atoms with van der Waals surface area (Å²) < 4.78 is 23.8. The van der Waals surface area contributed by atoms with Gasteiger partial charge in [0, 0.05) is 12.1 Å². The molecule has 0 fully saturated rings. The van der Waals surface area contributed by atoms with Crippen molar-refractivity contribution >= 4 is 7.32 Å². The maximum Gasteiger partial charge on any atom is 0.707 e. The lowest BCUT2D eigenvalue weighted by atomic mass is 10.1. The lowest BCUT2D eigenvalue weighted by Crippen LogP contribution is -2.20. The lowest BCUT2D eigenvalue weighted by Gasteiger charge is -2.11. The second-order valence-corrected chi connectivity index (χ2v) is 4.11. The topological polar surface area (TPSA) is 82.7 Å². The second kappa shape index (κ2) is 6.75. The first kappa shape index (κ1) is 14.8. The molecule has 0 aromatic heterocycles. The third-order valence-electron chi connectivity index (χ3n) is 2.61. The van der Waals surface area contributed by atoms with Gasteiger partial charge >= 0.3 is 7.32 Å². The highest BCUT2D eigenvalue weighted by Crippen LogP contribution is 2.28. The molecule has 21 heavy (non-hydrogen) atoms. The third-order valence-corrected chi connectivity index (χ3v) is 2.61. The van der Waals surface area contributed by atoms with Gasteiger partial charge in [-0.3, -0.25) is 0 Å². The van der Waals surface area contributed by atoms with Crippen LogP contribution in [0.2, 0.25) is 0 Å². The Morgan fingerprint density at radius 2 is 1.90 bits per heavy atom. The molecule has 0 aliphatic rings. The number of rotatable bonds is 5. The summed E-state index contributed by atoms with van der Waals surface area (Å²) >= 11 is 0. The van der Waals surface area contributed by atoms with Crippen LogP contribution in [0.5, 0.6) is 11.5 Å². The Bertz CT molecular complexity index is 658. The molecule has 106 valence electrons. The van der Waals surface area contributed by atoms with Gasteiger partial charge < -0.3 is 19.4 Å². The SMILES string of the molecule is N#Cc1cc(OB(O)O)cc(F)c1OCc1ccccc1. The van der Waals surface area contributed by atoms with E-state index in [4.69, 9.17) is 20.0 Å². The second-order valence-electron chi connectivity index (χ2n) is 4.11. The lowest BCUT2D eigenvalue weighted by molar-refractivity contribution is 0.280. The molecule has 2 aromatic rings. The van der Waals surface area contributed by atoms with E-state index in [-0.39, 0.29) is 23.7 Å². The normalized spacial score (nSPS) is 9.81. The molecule has 0 unspecified atom stereocenters. The standard InChI is InChI=1S/C14H11BFNO4/c16-13-7-12(21-15(18)19)6-11(8-17)14(13)20-9-10-4-2-1-3-5-10/h1-7,18-19H,9H2. The van der Waals surface area contributed by atoms with Gasteiger partial charge in [0.05, 0.1) is 0 Å². The maximum atomic E-state index is 13.9. The van der Waals surface area contributed by atoms with E-state index >= 15 is 0 Å². The Hall–Kier alpha value is -2.56. The Labute approximate surface area is 121 Å². The van der Waals surface area contributed by atoms with Gasteiger partial charge in [0.15, 0.2) is 11.6 Å². The molecule has 5 nitrogen and oxygen atoms in total. The van der Waals surface area contributed by atoms with E-state index in [9.17, 15) is 4.39 Å². The van der Waals surface area contributed by atoms with Crippen LogP contribution in [0.1, 0.15) is 11.1 Å². The molecule has 0 bridgehead atoms. The molecule has 2 rings (SSSR count).